The van der Waals surface area contributed by atoms with Crippen LogP contribution >= 0.6 is 0 Å². The summed E-state index contributed by atoms with van der Waals surface area (Å²) in [4.78, 5) is 53.2. The monoisotopic (exact) mass is 487 g/mol. The fourth-order valence-electron chi connectivity index (χ4n) is 4.77. The molecule has 5 rings (SSSR count). The number of benzene rings is 2. The number of ether oxygens (including phenoxy) is 1. The Hall–Kier alpha value is -3.94. The van der Waals surface area contributed by atoms with E-state index in [4.69, 9.17) is 4.74 Å². The fraction of sp³-hybridized carbons (Fsp3) is 0.357. The van der Waals surface area contributed by atoms with E-state index in [1.807, 2.05) is 12.1 Å². The zero-order valence-corrected chi connectivity index (χ0v) is 20.5. The zero-order chi connectivity index (χ0) is 25.4. The van der Waals surface area contributed by atoms with E-state index in [0.717, 1.165) is 30.0 Å². The maximum atomic E-state index is 13.2. The summed E-state index contributed by atoms with van der Waals surface area (Å²) in [5.74, 6) is -1.86. The molecule has 4 amide bonds. The number of carbonyl (C=O) groups is 4. The molecular formula is C28H29N3O5. The van der Waals surface area contributed by atoms with Crippen LogP contribution in [0.3, 0.4) is 0 Å². The first-order valence-corrected chi connectivity index (χ1v) is 12.2. The van der Waals surface area contributed by atoms with Gasteiger partial charge in [0.2, 0.25) is 11.8 Å². The minimum absolute atomic E-state index is 0.0786. The Kier molecular flexibility index (Phi) is 6.12. The number of fused-ring (bicyclic) bond motifs is 1. The summed E-state index contributed by atoms with van der Waals surface area (Å²) in [6.45, 7) is 6.58. The molecule has 2 aromatic carbocycles. The Morgan fingerprint density at radius 2 is 1.75 bits per heavy atom. The van der Waals surface area contributed by atoms with Crippen LogP contribution in [0.5, 0.6) is 5.75 Å². The Morgan fingerprint density at radius 1 is 1.00 bits per heavy atom. The van der Waals surface area contributed by atoms with E-state index >= 15 is 0 Å². The van der Waals surface area contributed by atoms with Crippen molar-refractivity contribution in [2.24, 2.45) is 5.41 Å². The second-order valence-corrected chi connectivity index (χ2v) is 10.3. The maximum Gasteiger partial charge on any atom is 0.266 e. The van der Waals surface area contributed by atoms with E-state index in [-0.39, 0.29) is 36.0 Å². The third-order valence-corrected chi connectivity index (χ3v) is 7.01. The number of allylic oxidation sites excluding steroid dienone is 1. The van der Waals surface area contributed by atoms with Crippen molar-refractivity contribution in [3.8, 4) is 5.75 Å². The summed E-state index contributed by atoms with van der Waals surface area (Å²) in [5, 5.41) is 2.21. The molecule has 3 heterocycles. The Bertz CT molecular complexity index is 1260. The van der Waals surface area contributed by atoms with E-state index in [2.05, 4.69) is 48.5 Å². The quantitative estimate of drug-likeness (QED) is 0.628. The lowest BCUT2D eigenvalue weighted by atomic mass is 9.87. The van der Waals surface area contributed by atoms with Gasteiger partial charge in [0.15, 0.2) is 0 Å². The zero-order valence-electron chi connectivity index (χ0n) is 20.5. The summed E-state index contributed by atoms with van der Waals surface area (Å²) < 4.78 is 5.97. The van der Waals surface area contributed by atoms with Gasteiger partial charge in [-0.3, -0.25) is 29.4 Å². The molecule has 0 aliphatic carbocycles. The molecule has 0 spiro atoms. The molecule has 1 saturated heterocycles. The third kappa shape index (κ3) is 4.63. The van der Waals surface area contributed by atoms with Crippen LogP contribution in [0.25, 0.3) is 0 Å². The molecule has 0 saturated carbocycles. The molecule has 8 nitrogen and oxygen atoms in total. The summed E-state index contributed by atoms with van der Waals surface area (Å²) in [7, 11) is 0. The molecule has 36 heavy (non-hydrogen) atoms. The van der Waals surface area contributed by atoms with E-state index in [9.17, 15) is 19.2 Å². The van der Waals surface area contributed by atoms with Crippen LogP contribution in [-0.4, -0.2) is 46.0 Å². The Morgan fingerprint density at radius 3 is 2.44 bits per heavy atom. The van der Waals surface area contributed by atoms with Crippen LogP contribution in [0, 0.1) is 5.41 Å². The Labute approximate surface area is 209 Å². The molecule has 1 unspecified atom stereocenters. The number of rotatable bonds is 6. The highest BCUT2D eigenvalue weighted by Gasteiger charge is 2.46. The van der Waals surface area contributed by atoms with Crippen molar-refractivity contribution in [3.05, 3.63) is 77.0 Å². The molecule has 1 fully saturated rings. The molecule has 1 atom stereocenters. The molecule has 3 aliphatic rings. The van der Waals surface area contributed by atoms with E-state index < -0.39 is 29.7 Å². The van der Waals surface area contributed by atoms with E-state index in [0.29, 0.717) is 5.75 Å². The lowest BCUT2D eigenvalue weighted by molar-refractivity contribution is -0.136. The average Bonchev–Trinajstić information content (AvgIpc) is 3.10. The molecule has 0 aromatic heterocycles. The standard InChI is InChI=1S/C28H29N3O5/c1-28(2)12-14-30(15-13-28)16-18-6-8-19(9-7-18)17-36-22-5-3-4-20-24(22)27(35)31(26(20)34)21-10-11-23(32)29-25(21)33/h3-9,12,14,21H,10-11,13,15-17H2,1-2H3,(H,29,32,33). The minimum atomic E-state index is -1.00. The van der Waals surface area contributed by atoms with Crippen molar-refractivity contribution >= 4 is 23.6 Å². The SMILES string of the molecule is CC1(C)C=CN(Cc2ccc(COc3cccc4c3C(=O)N(C3CCC(=O)NC3=O)C4=O)cc2)CC1. The smallest absolute Gasteiger partial charge is 0.266 e. The van der Waals surface area contributed by atoms with Gasteiger partial charge >= 0.3 is 0 Å². The average molecular weight is 488 g/mol. The largest absolute Gasteiger partial charge is 0.488 e. The second-order valence-electron chi connectivity index (χ2n) is 10.3. The van der Waals surface area contributed by atoms with Crippen molar-refractivity contribution < 1.29 is 23.9 Å². The number of hydrogen-bond donors (Lipinski definition) is 1. The van der Waals surface area contributed by atoms with Gasteiger partial charge in [-0.05, 0) is 47.7 Å². The van der Waals surface area contributed by atoms with E-state index in [1.165, 1.54) is 5.56 Å². The lowest BCUT2D eigenvalue weighted by Gasteiger charge is -2.32. The number of nitrogens with one attached hydrogen (secondary N) is 1. The predicted octanol–water partition coefficient (Wildman–Crippen LogP) is 3.41. The molecule has 2 aromatic rings. The minimum Gasteiger partial charge on any atom is -0.488 e. The van der Waals surface area contributed by atoms with Crippen molar-refractivity contribution in [3.63, 3.8) is 0 Å². The third-order valence-electron chi connectivity index (χ3n) is 7.01. The molecule has 8 heteroatoms. The number of carbonyl (C=O) groups excluding carboxylic acids is 4. The van der Waals surface area contributed by atoms with Gasteiger partial charge in [-0.2, -0.15) is 0 Å². The Balaban J connectivity index is 1.25. The van der Waals surface area contributed by atoms with Crippen molar-refractivity contribution in [1.82, 2.24) is 15.1 Å². The summed E-state index contributed by atoms with van der Waals surface area (Å²) >= 11 is 0. The van der Waals surface area contributed by atoms with Crippen LogP contribution in [0.1, 0.15) is 65.0 Å². The number of amides is 4. The van der Waals surface area contributed by atoms with Gasteiger partial charge < -0.3 is 9.64 Å². The van der Waals surface area contributed by atoms with Crippen molar-refractivity contribution in [2.75, 3.05) is 6.54 Å². The molecule has 0 bridgehead atoms. The van der Waals surface area contributed by atoms with Gasteiger partial charge in [0.05, 0.1) is 11.1 Å². The second kappa shape index (κ2) is 9.26. The van der Waals surface area contributed by atoms with Gasteiger partial charge in [-0.25, -0.2) is 0 Å². The number of piperidine rings is 1. The van der Waals surface area contributed by atoms with Crippen LogP contribution in [-0.2, 0) is 22.7 Å². The number of nitrogens with zero attached hydrogens (tertiary/aromatic N) is 2. The first-order chi connectivity index (χ1) is 17.2. The fourth-order valence-corrected chi connectivity index (χ4v) is 4.77. The van der Waals surface area contributed by atoms with Gasteiger partial charge in [-0.1, -0.05) is 50.3 Å². The highest BCUT2D eigenvalue weighted by Crippen LogP contribution is 2.34. The van der Waals surface area contributed by atoms with E-state index in [1.54, 1.807) is 18.2 Å². The lowest BCUT2D eigenvalue weighted by Crippen LogP contribution is -2.54. The molecular weight excluding hydrogens is 458 g/mol. The predicted molar refractivity (Wildman–Crippen MR) is 132 cm³/mol. The summed E-state index contributed by atoms with van der Waals surface area (Å²) in [5.41, 5.74) is 2.74. The topological polar surface area (TPSA) is 96.0 Å². The highest BCUT2D eigenvalue weighted by molar-refractivity contribution is 6.24. The maximum absolute atomic E-state index is 13.2. The first-order valence-electron chi connectivity index (χ1n) is 12.2. The molecule has 1 N–H and O–H groups in total. The van der Waals surface area contributed by atoms with Crippen LogP contribution in [0.2, 0.25) is 0 Å². The van der Waals surface area contributed by atoms with Gasteiger partial charge in [0.25, 0.3) is 11.8 Å². The van der Waals surface area contributed by atoms with Crippen LogP contribution < -0.4 is 10.1 Å². The van der Waals surface area contributed by atoms with Gasteiger partial charge in [0, 0.05) is 19.5 Å². The highest BCUT2D eigenvalue weighted by atomic mass is 16.5. The van der Waals surface area contributed by atoms with Gasteiger partial charge in [-0.15, -0.1) is 0 Å². The number of imide groups is 2. The summed E-state index contributed by atoms with van der Waals surface area (Å²) in [6, 6.07) is 12.0. The van der Waals surface area contributed by atoms with Crippen molar-refractivity contribution in [1.29, 1.82) is 0 Å². The molecule has 186 valence electrons. The molecule has 0 radical (unpaired) electrons. The molecule has 3 aliphatic heterocycles. The first kappa shape index (κ1) is 23.8. The number of hydrogen-bond acceptors (Lipinski definition) is 6. The van der Waals surface area contributed by atoms with Crippen LogP contribution in [0.15, 0.2) is 54.7 Å². The summed E-state index contributed by atoms with van der Waals surface area (Å²) in [6.07, 6.45) is 5.75. The normalized spacial score (nSPS) is 21.0. The van der Waals surface area contributed by atoms with Gasteiger partial charge in [0.1, 0.15) is 18.4 Å². The van der Waals surface area contributed by atoms with Crippen LogP contribution in [0.4, 0.5) is 0 Å². The van der Waals surface area contributed by atoms with Crippen molar-refractivity contribution in [2.45, 2.75) is 52.3 Å².